The lowest BCUT2D eigenvalue weighted by molar-refractivity contribution is 0.746. The highest BCUT2D eigenvalue weighted by atomic mass is 32.1. The molecule has 1 aliphatic rings. The monoisotopic (exact) mass is 887 g/mol. The minimum Gasteiger partial charge on any atom is -0.208 e. The predicted octanol–water partition coefficient (Wildman–Crippen LogP) is 17.1. The molecule has 2 heterocycles. The number of allylic oxidation sites excluding steroid dienone is 4. The lowest BCUT2D eigenvalue weighted by Gasteiger charge is -2.34. The Kier molecular flexibility index (Phi) is 10.4. The van der Waals surface area contributed by atoms with Crippen LogP contribution in [0, 0.1) is 0 Å². The number of fused-ring (bicyclic) bond motifs is 6. The molecule has 0 radical (unpaired) electrons. The number of nitrogens with zero attached hydrogens (tertiary/aromatic N) is 3. The Morgan fingerprint density at radius 1 is 0.426 bits per heavy atom. The van der Waals surface area contributed by atoms with Crippen LogP contribution in [-0.4, -0.2) is 15.0 Å². The second-order valence-corrected chi connectivity index (χ2v) is 18.5. The van der Waals surface area contributed by atoms with Crippen molar-refractivity contribution >= 4 is 31.5 Å². The average Bonchev–Trinajstić information content (AvgIpc) is 3.95. The molecule has 0 saturated carbocycles. The van der Waals surface area contributed by atoms with E-state index in [4.69, 9.17) is 15.0 Å². The highest BCUT2D eigenvalue weighted by Crippen LogP contribution is 2.58. The fraction of sp³-hybridized carbons (Fsp3) is 0.0469. The summed E-state index contributed by atoms with van der Waals surface area (Å²) in [6.07, 6.45) is 6.50. The maximum atomic E-state index is 5.44. The van der Waals surface area contributed by atoms with Crippen molar-refractivity contribution in [2.45, 2.75) is 19.3 Å². The zero-order chi connectivity index (χ0) is 45.6. The van der Waals surface area contributed by atoms with Crippen LogP contribution in [0.3, 0.4) is 0 Å². The number of thiophene rings is 1. The molecule has 11 aromatic rings. The van der Waals surface area contributed by atoms with E-state index < -0.39 is 5.41 Å². The molecule has 0 spiro atoms. The Labute approximate surface area is 401 Å². The van der Waals surface area contributed by atoms with Crippen LogP contribution in [0.15, 0.2) is 242 Å². The molecule has 1 atom stereocenters. The molecule has 0 fully saturated rings. The van der Waals surface area contributed by atoms with Crippen LogP contribution in [0.1, 0.15) is 30.5 Å². The predicted molar refractivity (Wildman–Crippen MR) is 286 cm³/mol. The molecule has 0 bridgehead atoms. The Balaban J connectivity index is 1.02. The molecular formula is C64H45N3S. The van der Waals surface area contributed by atoms with Gasteiger partial charge >= 0.3 is 0 Å². The van der Waals surface area contributed by atoms with Gasteiger partial charge in [-0.1, -0.05) is 230 Å². The summed E-state index contributed by atoms with van der Waals surface area (Å²) in [7, 11) is 0. The first-order valence-electron chi connectivity index (χ1n) is 23.2. The molecule has 2 aromatic heterocycles. The smallest absolute Gasteiger partial charge is 0.164 e. The molecule has 3 nitrogen and oxygen atoms in total. The third-order valence-corrected chi connectivity index (χ3v) is 14.8. The number of hydrogen-bond donors (Lipinski definition) is 0. The quantitative estimate of drug-likeness (QED) is 0.136. The number of aromatic nitrogens is 3. The molecule has 4 heteroatoms. The maximum Gasteiger partial charge on any atom is 0.164 e. The Morgan fingerprint density at radius 3 is 1.79 bits per heavy atom. The van der Waals surface area contributed by atoms with E-state index >= 15 is 0 Å². The Morgan fingerprint density at radius 2 is 0.985 bits per heavy atom. The third kappa shape index (κ3) is 6.84. The number of hydrogen-bond acceptors (Lipinski definition) is 4. The summed E-state index contributed by atoms with van der Waals surface area (Å²) in [5, 5.41) is 2.61. The minimum atomic E-state index is -0.529. The largest absolute Gasteiger partial charge is 0.208 e. The average molecular weight is 888 g/mol. The topological polar surface area (TPSA) is 38.7 Å². The summed E-state index contributed by atoms with van der Waals surface area (Å²) >= 11 is 1.86. The molecule has 0 amide bonds. The zero-order valence-corrected chi connectivity index (χ0v) is 38.6. The van der Waals surface area contributed by atoms with E-state index in [2.05, 4.69) is 250 Å². The van der Waals surface area contributed by atoms with E-state index in [1.165, 1.54) is 59.1 Å². The summed E-state index contributed by atoms with van der Waals surface area (Å²) in [6, 6.07) is 78.3. The van der Waals surface area contributed by atoms with Gasteiger partial charge in [-0.25, -0.2) is 15.0 Å². The van der Waals surface area contributed by atoms with Gasteiger partial charge in [0.05, 0.1) is 5.41 Å². The zero-order valence-electron chi connectivity index (χ0n) is 37.8. The second kappa shape index (κ2) is 17.2. The third-order valence-electron chi connectivity index (χ3n) is 13.6. The first-order valence-corrected chi connectivity index (χ1v) is 24.0. The van der Waals surface area contributed by atoms with E-state index in [9.17, 15) is 0 Å². The first kappa shape index (κ1) is 41.1. The standard InChI is InChI=1S/C64H45N3S/c1-3-4-20-42(2)64(48-25-9-6-10-26-48)56-34-15-13-30-54(56)59-55(33-19-35-57(59)64)63-66-61(65-62(67-63)53-29-12-11-27-49(53)44-21-7-5-8-22-44)45-39-37-43(38-40-45)46-23-17-24-47(41-46)50-31-18-32-52-51-28-14-16-36-58(51)68-60(50)52/h3-41H,1-2H3/b4-3-,42-20+. The molecule has 0 N–H and O–H groups in total. The highest BCUT2D eigenvalue weighted by Gasteiger charge is 2.46. The Bertz CT molecular complexity index is 3750. The summed E-state index contributed by atoms with van der Waals surface area (Å²) in [6.45, 7) is 4.33. The number of rotatable bonds is 9. The summed E-state index contributed by atoms with van der Waals surface area (Å²) in [4.78, 5) is 16.2. The summed E-state index contributed by atoms with van der Waals surface area (Å²) in [5.41, 5.74) is 16.4. The van der Waals surface area contributed by atoms with Gasteiger partial charge in [0, 0.05) is 36.9 Å². The maximum absolute atomic E-state index is 5.44. The van der Waals surface area contributed by atoms with Gasteiger partial charge in [-0.15, -0.1) is 11.3 Å². The van der Waals surface area contributed by atoms with Crippen molar-refractivity contribution in [2.75, 3.05) is 0 Å². The van der Waals surface area contributed by atoms with Crippen LogP contribution < -0.4 is 0 Å². The summed E-state index contributed by atoms with van der Waals surface area (Å²) in [5.74, 6) is 1.87. The van der Waals surface area contributed by atoms with Crippen LogP contribution in [0.4, 0.5) is 0 Å². The van der Waals surface area contributed by atoms with Gasteiger partial charge < -0.3 is 0 Å². The molecule has 68 heavy (non-hydrogen) atoms. The molecule has 1 unspecified atom stereocenters. The molecule has 0 saturated heterocycles. The van der Waals surface area contributed by atoms with Gasteiger partial charge in [-0.3, -0.25) is 0 Å². The fourth-order valence-corrected chi connectivity index (χ4v) is 11.7. The van der Waals surface area contributed by atoms with Gasteiger partial charge in [-0.2, -0.15) is 0 Å². The van der Waals surface area contributed by atoms with Gasteiger partial charge in [0.1, 0.15) is 0 Å². The van der Waals surface area contributed by atoms with Crippen molar-refractivity contribution in [3.05, 3.63) is 259 Å². The lowest BCUT2D eigenvalue weighted by atomic mass is 9.67. The van der Waals surface area contributed by atoms with Crippen molar-refractivity contribution in [3.63, 3.8) is 0 Å². The van der Waals surface area contributed by atoms with Crippen LogP contribution in [0.25, 0.3) is 98.8 Å². The molecule has 1 aliphatic carbocycles. The molecular weight excluding hydrogens is 843 g/mol. The van der Waals surface area contributed by atoms with Crippen LogP contribution in [-0.2, 0) is 5.41 Å². The molecule has 12 rings (SSSR count). The Hall–Kier alpha value is -8.31. The van der Waals surface area contributed by atoms with Gasteiger partial charge in [0.25, 0.3) is 0 Å². The van der Waals surface area contributed by atoms with Crippen molar-refractivity contribution in [2.24, 2.45) is 0 Å². The van der Waals surface area contributed by atoms with Crippen LogP contribution >= 0.6 is 11.3 Å². The normalized spacial score (nSPS) is 14.4. The van der Waals surface area contributed by atoms with E-state index in [0.29, 0.717) is 17.5 Å². The van der Waals surface area contributed by atoms with Crippen LogP contribution in [0.2, 0.25) is 0 Å². The van der Waals surface area contributed by atoms with Gasteiger partial charge in [-0.05, 0) is 87.2 Å². The van der Waals surface area contributed by atoms with E-state index in [0.717, 1.165) is 44.5 Å². The lowest BCUT2D eigenvalue weighted by Crippen LogP contribution is -2.28. The SMILES string of the molecule is C/C=C\C=C(/C)C1(c2ccccc2)c2ccccc2-c2c(-c3nc(-c4ccc(-c5cccc(-c6cccc7c6sc6ccccc67)c5)cc4)nc(-c4ccccc4-c4ccccc4)n3)cccc21. The van der Waals surface area contributed by atoms with Crippen molar-refractivity contribution in [1.29, 1.82) is 0 Å². The van der Waals surface area contributed by atoms with Crippen LogP contribution in [0.5, 0.6) is 0 Å². The van der Waals surface area contributed by atoms with Gasteiger partial charge in [0.15, 0.2) is 17.5 Å². The number of benzene rings is 9. The summed E-state index contributed by atoms with van der Waals surface area (Å²) < 4.78 is 2.62. The first-order chi connectivity index (χ1) is 33.6. The van der Waals surface area contributed by atoms with E-state index in [-0.39, 0.29) is 0 Å². The fourth-order valence-electron chi connectivity index (χ4n) is 10.5. The molecule has 9 aromatic carbocycles. The van der Waals surface area contributed by atoms with Gasteiger partial charge in [0.2, 0.25) is 0 Å². The highest BCUT2D eigenvalue weighted by molar-refractivity contribution is 7.26. The van der Waals surface area contributed by atoms with Crippen molar-refractivity contribution in [3.8, 4) is 78.7 Å². The van der Waals surface area contributed by atoms with E-state index in [1.807, 2.05) is 11.3 Å². The van der Waals surface area contributed by atoms with Crippen molar-refractivity contribution in [1.82, 2.24) is 15.0 Å². The van der Waals surface area contributed by atoms with Crippen molar-refractivity contribution < 1.29 is 0 Å². The minimum absolute atomic E-state index is 0.529. The molecule has 0 aliphatic heterocycles. The second-order valence-electron chi connectivity index (χ2n) is 17.4. The molecule has 322 valence electrons. The van der Waals surface area contributed by atoms with E-state index in [1.54, 1.807) is 0 Å².